The van der Waals surface area contributed by atoms with Gasteiger partial charge in [0.05, 0.1) is 11.9 Å². The first kappa shape index (κ1) is 16.2. The molecule has 0 atom stereocenters. The number of carboxylic acids is 1. The molecule has 0 spiro atoms. The first-order valence-electron chi connectivity index (χ1n) is 6.54. The Bertz CT molecular complexity index is 468. The van der Waals surface area contributed by atoms with Crippen molar-refractivity contribution in [1.29, 1.82) is 0 Å². The Kier molecular flexibility index (Phi) is 5.69. The highest BCUT2D eigenvalue weighted by atomic mass is 16.5. The number of nitrogens with one attached hydrogen (secondary N) is 1. The van der Waals surface area contributed by atoms with Crippen LogP contribution in [0.1, 0.15) is 33.6 Å². The first-order chi connectivity index (χ1) is 9.37. The molecule has 1 rings (SSSR count). The quantitative estimate of drug-likeness (QED) is 0.704. The van der Waals surface area contributed by atoms with E-state index in [2.05, 4.69) is 10.4 Å². The lowest BCUT2D eigenvalue weighted by molar-refractivity contribution is -0.146. The minimum absolute atomic E-state index is 0.141. The molecule has 20 heavy (non-hydrogen) atoms. The number of amides is 1. The Morgan fingerprint density at radius 2 is 2.20 bits per heavy atom. The predicted molar refractivity (Wildman–Crippen MR) is 73.5 cm³/mol. The van der Waals surface area contributed by atoms with E-state index < -0.39 is 11.5 Å². The number of hydrogen-bond acceptors (Lipinski definition) is 4. The average molecular weight is 283 g/mol. The normalized spacial score (nSPS) is 11.3. The summed E-state index contributed by atoms with van der Waals surface area (Å²) in [5, 5.41) is 15.7. The molecule has 0 aliphatic rings. The van der Waals surface area contributed by atoms with Gasteiger partial charge < -0.3 is 15.2 Å². The second-order valence-electron chi connectivity index (χ2n) is 4.89. The number of aromatic nitrogens is 2. The maximum atomic E-state index is 11.6. The van der Waals surface area contributed by atoms with E-state index in [1.165, 1.54) is 30.9 Å². The van der Waals surface area contributed by atoms with E-state index in [1.807, 2.05) is 6.92 Å². The van der Waals surface area contributed by atoms with Crippen molar-refractivity contribution in [2.24, 2.45) is 0 Å². The summed E-state index contributed by atoms with van der Waals surface area (Å²) >= 11 is 0. The van der Waals surface area contributed by atoms with Crippen molar-refractivity contribution in [3.63, 3.8) is 0 Å². The van der Waals surface area contributed by atoms with Crippen LogP contribution < -0.4 is 5.32 Å². The third-order valence-corrected chi connectivity index (χ3v) is 2.86. The second-order valence-corrected chi connectivity index (χ2v) is 4.89. The van der Waals surface area contributed by atoms with Crippen molar-refractivity contribution in [2.75, 3.05) is 18.5 Å². The number of carboxylic acid groups (broad SMARTS) is 1. The minimum Gasteiger partial charge on any atom is -0.479 e. The van der Waals surface area contributed by atoms with Crippen molar-refractivity contribution < 1.29 is 19.4 Å². The Morgan fingerprint density at radius 1 is 1.50 bits per heavy atom. The third-order valence-electron chi connectivity index (χ3n) is 2.86. The Morgan fingerprint density at radius 3 is 2.80 bits per heavy atom. The zero-order chi connectivity index (χ0) is 15.2. The fraction of sp³-hybridized carbons (Fsp3) is 0.615. The average Bonchev–Trinajstić information content (AvgIpc) is 2.83. The van der Waals surface area contributed by atoms with Gasteiger partial charge in [-0.2, -0.15) is 5.10 Å². The van der Waals surface area contributed by atoms with Crippen LogP contribution in [-0.4, -0.2) is 40.0 Å². The number of carbonyl (C=O) groups excluding carboxylic acids is 1. The number of anilines is 1. The van der Waals surface area contributed by atoms with Gasteiger partial charge in [0, 0.05) is 25.8 Å². The molecule has 0 aromatic carbocycles. The van der Waals surface area contributed by atoms with E-state index >= 15 is 0 Å². The van der Waals surface area contributed by atoms with Crippen LogP contribution in [0.5, 0.6) is 0 Å². The molecule has 0 fully saturated rings. The summed E-state index contributed by atoms with van der Waals surface area (Å²) in [7, 11) is 0. The molecule has 0 saturated heterocycles. The van der Waals surface area contributed by atoms with Crippen LogP contribution in [0, 0.1) is 0 Å². The highest BCUT2D eigenvalue weighted by Gasteiger charge is 2.30. The summed E-state index contributed by atoms with van der Waals surface area (Å²) in [4.78, 5) is 22.7. The standard InChI is InChI=1S/C13H21N3O4/c1-4-20-7-5-6-11(17)15-10-8-14-16(9-10)13(2,3)12(18)19/h8-9H,4-7H2,1-3H3,(H,15,17)(H,18,19). The van der Waals surface area contributed by atoms with Crippen LogP contribution in [0.25, 0.3) is 0 Å². The number of carbonyl (C=O) groups is 2. The summed E-state index contributed by atoms with van der Waals surface area (Å²) in [5.74, 6) is -1.13. The monoisotopic (exact) mass is 283 g/mol. The molecular formula is C13H21N3O4. The van der Waals surface area contributed by atoms with Gasteiger partial charge in [-0.05, 0) is 27.2 Å². The lowest BCUT2D eigenvalue weighted by Crippen LogP contribution is -2.35. The second kappa shape index (κ2) is 7.04. The Balaban J connectivity index is 2.52. The molecule has 0 unspecified atom stereocenters. The fourth-order valence-corrected chi connectivity index (χ4v) is 1.49. The van der Waals surface area contributed by atoms with Crippen LogP contribution in [0.4, 0.5) is 5.69 Å². The largest absolute Gasteiger partial charge is 0.479 e. The van der Waals surface area contributed by atoms with Gasteiger partial charge in [-0.3, -0.25) is 9.48 Å². The molecule has 7 heteroatoms. The number of ether oxygens (including phenoxy) is 1. The van der Waals surface area contributed by atoms with Gasteiger partial charge in [-0.25, -0.2) is 4.79 Å². The Hall–Kier alpha value is -1.89. The maximum Gasteiger partial charge on any atom is 0.331 e. The first-order valence-corrected chi connectivity index (χ1v) is 6.54. The van der Waals surface area contributed by atoms with E-state index in [0.29, 0.717) is 31.7 Å². The number of hydrogen-bond donors (Lipinski definition) is 2. The molecule has 0 bridgehead atoms. The summed E-state index contributed by atoms with van der Waals surface area (Å²) in [6.45, 7) is 6.17. The third kappa shape index (κ3) is 4.34. The van der Waals surface area contributed by atoms with Gasteiger partial charge >= 0.3 is 5.97 Å². The molecular weight excluding hydrogens is 262 g/mol. The molecule has 1 aromatic rings. The van der Waals surface area contributed by atoms with Crippen molar-refractivity contribution in [3.8, 4) is 0 Å². The van der Waals surface area contributed by atoms with E-state index in [4.69, 9.17) is 9.84 Å². The fourth-order valence-electron chi connectivity index (χ4n) is 1.49. The van der Waals surface area contributed by atoms with Gasteiger partial charge in [0.1, 0.15) is 0 Å². The van der Waals surface area contributed by atoms with E-state index in [1.54, 1.807) is 0 Å². The van der Waals surface area contributed by atoms with Crippen LogP contribution in [0.2, 0.25) is 0 Å². The van der Waals surface area contributed by atoms with Gasteiger partial charge in [0.25, 0.3) is 0 Å². The minimum atomic E-state index is -1.15. The van der Waals surface area contributed by atoms with E-state index in [-0.39, 0.29) is 5.91 Å². The smallest absolute Gasteiger partial charge is 0.331 e. The van der Waals surface area contributed by atoms with Crippen molar-refractivity contribution in [2.45, 2.75) is 39.2 Å². The van der Waals surface area contributed by atoms with Crippen molar-refractivity contribution in [3.05, 3.63) is 12.4 Å². The zero-order valence-electron chi connectivity index (χ0n) is 12.0. The molecule has 1 heterocycles. The molecule has 0 aliphatic heterocycles. The van der Waals surface area contributed by atoms with Crippen LogP contribution >= 0.6 is 0 Å². The molecule has 1 aromatic heterocycles. The SMILES string of the molecule is CCOCCCC(=O)Nc1cnn(C(C)(C)C(=O)O)c1. The number of nitrogens with zero attached hydrogens (tertiary/aromatic N) is 2. The highest BCUT2D eigenvalue weighted by Crippen LogP contribution is 2.17. The van der Waals surface area contributed by atoms with Gasteiger partial charge in [-0.1, -0.05) is 0 Å². The van der Waals surface area contributed by atoms with Crippen molar-refractivity contribution in [1.82, 2.24) is 9.78 Å². The van der Waals surface area contributed by atoms with Crippen LogP contribution in [-0.2, 0) is 19.9 Å². The molecule has 0 aliphatic carbocycles. The topological polar surface area (TPSA) is 93.5 Å². The lowest BCUT2D eigenvalue weighted by Gasteiger charge is -2.19. The molecule has 0 radical (unpaired) electrons. The van der Waals surface area contributed by atoms with Crippen molar-refractivity contribution >= 4 is 17.6 Å². The van der Waals surface area contributed by atoms with Crippen LogP contribution in [0.3, 0.4) is 0 Å². The number of rotatable bonds is 8. The van der Waals surface area contributed by atoms with Gasteiger partial charge in [-0.15, -0.1) is 0 Å². The van der Waals surface area contributed by atoms with Gasteiger partial charge in [0.2, 0.25) is 5.91 Å². The summed E-state index contributed by atoms with van der Waals surface area (Å²) in [6.07, 6.45) is 3.95. The van der Waals surface area contributed by atoms with Crippen LogP contribution in [0.15, 0.2) is 12.4 Å². The summed E-state index contributed by atoms with van der Waals surface area (Å²) in [5.41, 5.74) is -0.668. The molecule has 0 saturated carbocycles. The Labute approximate surface area is 117 Å². The van der Waals surface area contributed by atoms with E-state index in [9.17, 15) is 9.59 Å². The molecule has 7 nitrogen and oxygen atoms in total. The summed E-state index contributed by atoms with van der Waals surface area (Å²) in [6, 6.07) is 0. The maximum absolute atomic E-state index is 11.6. The molecule has 2 N–H and O–H groups in total. The lowest BCUT2D eigenvalue weighted by atomic mass is 10.1. The van der Waals surface area contributed by atoms with E-state index in [0.717, 1.165) is 0 Å². The zero-order valence-corrected chi connectivity index (χ0v) is 12.0. The number of aliphatic carboxylic acids is 1. The summed E-state index contributed by atoms with van der Waals surface area (Å²) < 4.78 is 6.46. The van der Waals surface area contributed by atoms with Gasteiger partial charge in [0.15, 0.2) is 5.54 Å². The predicted octanol–water partition coefficient (Wildman–Crippen LogP) is 1.46. The molecule has 1 amide bonds. The molecule has 112 valence electrons. The highest BCUT2D eigenvalue weighted by molar-refractivity contribution is 5.90.